The lowest BCUT2D eigenvalue weighted by molar-refractivity contribution is -0.00393. The van der Waals surface area contributed by atoms with Crippen LogP contribution in [0.3, 0.4) is 0 Å². The molecule has 1 nitrogen and oxygen atoms in total. The molecule has 0 saturated heterocycles. The van der Waals surface area contributed by atoms with Crippen molar-refractivity contribution in [2.45, 2.75) is 45.8 Å². The largest absolute Gasteiger partial charge is 0.369 e. The molecular formula is C14H21BrO. The predicted molar refractivity (Wildman–Crippen MR) is 73.2 cm³/mol. The van der Waals surface area contributed by atoms with E-state index in [0.29, 0.717) is 6.10 Å². The van der Waals surface area contributed by atoms with Crippen LogP contribution < -0.4 is 0 Å². The molecule has 0 fully saturated rings. The zero-order chi connectivity index (χ0) is 12.0. The number of alkyl halides is 1. The zero-order valence-electron chi connectivity index (χ0n) is 10.4. The molecule has 1 atom stereocenters. The summed E-state index contributed by atoms with van der Waals surface area (Å²) in [5.74, 6) is 0. The Balaban J connectivity index is 2.70. The first-order chi connectivity index (χ1) is 7.71. The van der Waals surface area contributed by atoms with Crippen LogP contribution in [0.5, 0.6) is 0 Å². The van der Waals surface area contributed by atoms with Crippen molar-refractivity contribution in [3.05, 3.63) is 35.4 Å². The van der Waals surface area contributed by atoms with E-state index in [1.165, 1.54) is 11.1 Å². The van der Waals surface area contributed by atoms with Gasteiger partial charge in [0.25, 0.3) is 0 Å². The minimum absolute atomic E-state index is 0.172. The Hall–Kier alpha value is -0.340. The number of hydrogen-bond acceptors (Lipinski definition) is 1. The normalized spacial score (nSPS) is 13.1. The minimum Gasteiger partial charge on any atom is -0.369 e. The van der Waals surface area contributed by atoms with Gasteiger partial charge in [0, 0.05) is 5.33 Å². The van der Waals surface area contributed by atoms with E-state index >= 15 is 0 Å². The lowest BCUT2D eigenvalue weighted by Gasteiger charge is -2.22. The van der Waals surface area contributed by atoms with Crippen molar-refractivity contribution in [2.24, 2.45) is 0 Å². The van der Waals surface area contributed by atoms with Crippen molar-refractivity contribution < 1.29 is 4.74 Å². The highest BCUT2D eigenvalue weighted by Gasteiger charge is 2.14. The fourth-order valence-corrected chi connectivity index (χ4v) is 2.22. The van der Waals surface area contributed by atoms with Gasteiger partial charge in [-0.3, -0.25) is 0 Å². The highest BCUT2D eigenvalue weighted by atomic mass is 79.9. The molecule has 0 N–H and O–H groups in total. The molecule has 0 amide bonds. The van der Waals surface area contributed by atoms with Gasteiger partial charge >= 0.3 is 0 Å². The van der Waals surface area contributed by atoms with Crippen molar-refractivity contribution in [3.8, 4) is 0 Å². The maximum Gasteiger partial charge on any atom is 0.0925 e. The summed E-state index contributed by atoms with van der Waals surface area (Å²) < 4.78 is 6.08. The molecule has 0 spiro atoms. The Labute approximate surface area is 107 Å². The Kier molecular flexibility index (Phi) is 6.07. The van der Waals surface area contributed by atoms with Crippen LogP contribution in [0.4, 0.5) is 0 Å². The van der Waals surface area contributed by atoms with Crippen LogP contribution in [-0.2, 0) is 4.74 Å². The van der Waals surface area contributed by atoms with Crippen molar-refractivity contribution in [2.75, 3.05) is 5.33 Å². The van der Waals surface area contributed by atoms with E-state index in [1.54, 1.807) is 0 Å². The van der Waals surface area contributed by atoms with Crippen molar-refractivity contribution in [1.82, 2.24) is 0 Å². The van der Waals surface area contributed by atoms with Crippen LogP contribution in [0.1, 0.15) is 43.9 Å². The molecule has 16 heavy (non-hydrogen) atoms. The molecule has 1 aromatic rings. The first kappa shape index (κ1) is 13.7. The Morgan fingerprint density at radius 3 is 2.12 bits per heavy atom. The van der Waals surface area contributed by atoms with Gasteiger partial charge in [-0.1, -0.05) is 59.6 Å². The van der Waals surface area contributed by atoms with Gasteiger partial charge in [-0.15, -0.1) is 0 Å². The smallest absolute Gasteiger partial charge is 0.0925 e. The molecule has 2 heteroatoms. The van der Waals surface area contributed by atoms with Gasteiger partial charge in [-0.2, -0.15) is 0 Å². The van der Waals surface area contributed by atoms with Gasteiger partial charge in [0.05, 0.1) is 12.2 Å². The molecule has 0 bridgehead atoms. The minimum atomic E-state index is 0.172. The molecule has 0 heterocycles. The summed E-state index contributed by atoms with van der Waals surface area (Å²) in [5, 5.41) is 0.854. The van der Waals surface area contributed by atoms with E-state index in [-0.39, 0.29) is 6.10 Å². The number of halogens is 1. The first-order valence-corrected chi connectivity index (χ1v) is 7.11. The molecule has 0 aliphatic rings. The SMILES string of the molecule is CCC(CC)OC(CBr)c1ccc(C)cc1. The summed E-state index contributed by atoms with van der Waals surface area (Å²) in [4.78, 5) is 0. The van der Waals surface area contributed by atoms with Crippen LogP contribution in [0, 0.1) is 6.92 Å². The third-order valence-electron chi connectivity index (χ3n) is 2.86. The van der Waals surface area contributed by atoms with E-state index in [9.17, 15) is 0 Å². The van der Waals surface area contributed by atoms with Crippen LogP contribution in [0.25, 0.3) is 0 Å². The summed E-state index contributed by atoms with van der Waals surface area (Å²) in [6.07, 6.45) is 2.69. The third-order valence-corrected chi connectivity index (χ3v) is 3.44. The third kappa shape index (κ3) is 3.91. The molecule has 0 aliphatic heterocycles. The zero-order valence-corrected chi connectivity index (χ0v) is 12.0. The molecule has 0 saturated carbocycles. The van der Waals surface area contributed by atoms with Crippen molar-refractivity contribution in [3.63, 3.8) is 0 Å². The van der Waals surface area contributed by atoms with Crippen LogP contribution in [-0.4, -0.2) is 11.4 Å². The number of ether oxygens (including phenoxy) is 1. The number of benzene rings is 1. The number of rotatable bonds is 6. The summed E-state index contributed by atoms with van der Waals surface area (Å²) in [7, 11) is 0. The Morgan fingerprint density at radius 2 is 1.69 bits per heavy atom. The maximum atomic E-state index is 6.08. The lowest BCUT2D eigenvalue weighted by atomic mass is 10.1. The van der Waals surface area contributed by atoms with Gasteiger partial charge in [-0.25, -0.2) is 0 Å². The quantitative estimate of drug-likeness (QED) is 0.692. The molecular weight excluding hydrogens is 264 g/mol. The van der Waals surface area contributed by atoms with Gasteiger partial charge in [0.2, 0.25) is 0 Å². The van der Waals surface area contributed by atoms with Gasteiger partial charge in [-0.05, 0) is 25.3 Å². The molecule has 90 valence electrons. The summed E-state index contributed by atoms with van der Waals surface area (Å²) in [6, 6.07) is 8.59. The van der Waals surface area contributed by atoms with Crippen LogP contribution >= 0.6 is 15.9 Å². The molecule has 1 rings (SSSR count). The van der Waals surface area contributed by atoms with Crippen LogP contribution in [0.15, 0.2) is 24.3 Å². The topological polar surface area (TPSA) is 9.23 Å². The Bertz CT molecular complexity index is 290. The summed E-state index contributed by atoms with van der Waals surface area (Å²) in [5.41, 5.74) is 2.55. The van der Waals surface area contributed by atoms with E-state index in [0.717, 1.165) is 18.2 Å². The van der Waals surface area contributed by atoms with E-state index in [2.05, 4.69) is 61.0 Å². The maximum absolute atomic E-state index is 6.08. The highest BCUT2D eigenvalue weighted by molar-refractivity contribution is 9.09. The molecule has 0 radical (unpaired) electrons. The summed E-state index contributed by atoms with van der Waals surface area (Å²) in [6.45, 7) is 6.46. The monoisotopic (exact) mass is 284 g/mol. The van der Waals surface area contributed by atoms with E-state index in [4.69, 9.17) is 4.74 Å². The van der Waals surface area contributed by atoms with Gasteiger partial charge < -0.3 is 4.74 Å². The average molecular weight is 285 g/mol. The molecule has 0 aromatic heterocycles. The standard InChI is InChI=1S/C14H21BrO/c1-4-13(5-2)16-14(10-15)12-8-6-11(3)7-9-12/h6-9,13-14H,4-5,10H2,1-3H3. The fraction of sp³-hybridized carbons (Fsp3) is 0.571. The average Bonchev–Trinajstić information content (AvgIpc) is 2.32. The molecule has 0 aliphatic carbocycles. The molecule has 1 aromatic carbocycles. The summed E-state index contributed by atoms with van der Waals surface area (Å²) >= 11 is 3.53. The number of aryl methyl sites for hydroxylation is 1. The second kappa shape index (κ2) is 7.08. The van der Waals surface area contributed by atoms with E-state index in [1.807, 2.05) is 0 Å². The second-order valence-corrected chi connectivity index (χ2v) is 4.78. The van der Waals surface area contributed by atoms with Crippen molar-refractivity contribution >= 4 is 15.9 Å². The van der Waals surface area contributed by atoms with E-state index < -0.39 is 0 Å². The van der Waals surface area contributed by atoms with Crippen LogP contribution in [0.2, 0.25) is 0 Å². The first-order valence-electron chi connectivity index (χ1n) is 5.99. The lowest BCUT2D eigenvalue weighted by Crippen LogP contribution is -2.16. The number of hydrogen-bond donors (Lipinski definition) is 0. The fourth-order valence-electron chi connectivity index (χ4n) is 1.70. The second-order valence-electron chi connectivity index (χ2n) is 4.13. The predicted octanol–water partition coefficient (Wildman–Crippen LogP) is 4.64. The van der Waals surface area contributed by atoms with Gasteiger partial charge in [0.15, 0.2) is 0 Å². The van der Waals surface area contributed by atoms with Gasteiger partial charge in [0.1, 0.15) is 0 Å². The molecule has 1 unspecified atom stereocenters. The highest BCUT2D eigenvalue weighted by Crippen LogP contribution is 2.23. The Morgan fingerprint density at radius 1 is 1.12 bits per heavy atom. The van der Waals surface area contributed by atoms with Crippen molar-refractivity contribution in [1.29, 1.82) is 0 Å².